The third kappa shape index (κ3) is 3.58. The molecule has 3 aromatic rings. The maximum Gasteiger partial charge on any atom is 0.254 e. The molecule has 0 saturated heterocycles. The van der Waals surface area contributed by atoms with E-state index in [0.29, 0.717) is 13.1 Å². The first-order chi connectivity index (χ1) is 11.9. The van der Waals surface area contributed by atoms with E-state index in [9.17, 15) is 4.79 Å². The van der Waals surface area contributed by atoms with Crippen LogP contribution in [0.2, 0.25) is 0 Å². The van der Waals surface area contributed by atoms with Crippen LogP contribution in [0.4, 0.5) is 0 Å². The molecule has 0 N–H and O–H groups in total. The Kier molecular flexibility index (Phi) is 4.62. The van der Waals surface area contributed by atoms with Gasteiger partial charge < -0.3 is 9.30 Å². The van der Waals surface area contributed by atoms with Crippen molar-refractivity contribution in [2.45, 2.75) is 39.7 Å². The van der Waals surface area contributed by atoms with E-state index in [2.05, 4.69) is 37.9 Å². The number of hydrogen-bond donors (Lipinski definition) is 0. The van der Waals surface area contributed by atoms with E-state index in [0.717, 1.165) is 16.9 Å². The summed E-state index contributed by atoms with van der Waals surface area (Å²) in [6, 6.07) is 13.9. The van der Waals surface area contributed by atoms with Crippen molar-refractivity contribution in [3.8, 4) is 0 Å². The Hall–Kier alpha value is -2.62. The van der Waals surface area contributed by atoms with Gasteiger partial charge in [-0.3, -0.25) is 4.79 Å². The molecule has 0 saturated carbocycles. The van der Waals surface area contributed by atoms with E-state index in [1.165, 1.54) is 5.56 Å². The number of amides is 1. The highest BCUT2D eigenvalue weighted by molar-refractivity contribution is 5.94. The van der Waals surface area contributed by atoms with Gasteiger partial charge in [0.05, 0.1) is 18.4 Å². The van der Waals surface area contributed by atoms with E-state index in [-0.39, 0.29) is 11.3 Å². The van der Waals surface area contributed by atoms with E-state index in [4.69, 9.17) is 0 Å². The Morgan fingerprint density at radius 3 is 2.48 bits per heavy atom. The van der Waals surface area contributed by atoms with Crippen molar-refractivity contribution >= 4 is 11.6 Å². The first-order valence-electron chi connectivity index (χ1n) is 8.71. The summed E-state index contributed by atoms with van der Waals surface area (Å²) in [5, 5.41) is 0. The molecule has 130 valence electrons. The van der Waals surface area contributed by atoms with Gasteiger partial charge in [-0.25, -0.2) is 4.98 Å². The number of fused-ring (bicyclic) bond motifs is 1. The zero-order valence-corrected chi connectivity index (χ0v) is 15.4. The van der Waals surface area contributed by atoms with Crippen LogP contribution in [0.25, 0.3) is 5.65 Å². The SMILES string of the molecule is CCN(Cc1cnc2ccccn12)C(=O)c1ccc(C(C)(C)C)cc1. The number of rotatable bonds is 4. The Balaban J connectivity index is 1.82. The average Bonchev–Trinajstić information content (AvgIpc) is 3.01. The molecule has 0 aliphatic carbocycles. The molecule has 2 aromatic heterocycles. The van der Waals surface area contributed by atoms with Crippen LogP contribution in [-0.2, 0) is 12.0 Å². The summed E-state index contributed by atoms with van der Waals surface area (Å²) in [7, 11) is 0. The highest BCUT2D eigenvalue weighted by Gasteiger charge is 2.18. The second-order valence-electron chi connectivity index (χ2n) is 7.33. The minimum absolute atomic E-state index is 0.0499. The van der Waals surface area contributed by atoms with Gasteiger partial charge in [-0.05, 0) is 42.2 Å². The van der Waals surface area contributed by atoms with Crippen molar-refractivity contribution in [3.05, 3.63) is 71.7 Å². The fourth-order valence-corrected chi connectivity index (χ4v) is 2.92. The molecular weight excluding hydrogens is 310 g/mol. The number of pyridine rings is 1. The van der Waals surface area contributed by atoms with Gasteiger partial charge in [0.15, 0.2) is 0 Å². The number of imidazole rings is 1. The fourth-order valence-electron chi connectivity index (χ4n) is 2.92. The van der Waals surface area contributed by atoms with Crippen LogP contribution < -0.4 is 0 Å². The first kappa shape index (κ1) is 17.2. The topological polar surface area (TPSA) is 37.6 Å². The average molecular weight is 335 g/mol. The number of benzene rings is 1. The summed E-state index contributed by atoms with van der Waals surface area (Å²) in [5.74, 6) is 0.0499. The molecule has 0 atom stereocenters. The molecule has 25 heavy (non-hydrogen) atoms. The van der Waals surface area contributed by atoms with Crippen LogP contribution in [-0.4, -0.2) is 26.7 Å². The van der Waals surface area contributed by atoms with Crippen molar-refractivity contribution in [3.63, 3.8) is 0 Å². The van der Waals surface area contributed by atoms with E-state index >= 15 is 0 Å². The van der Waals surface area contributed by atoms with Gasteiger partial charge in [0.25, 0.3) is 5.91 Å². The number of carbonyl (C=O) groups excluding carboxylic acids is 1. The highest BCUT2D eigenvalue weighted by atomic mass is 16.2. The normalized spacial score (nSPS) is 11.7. The van der Waals surface area contributed by atoms with Crippen molar-refractivity contribution in [1.29, 1.82) is 0 Å². The predicted octanol–water partition coefficient (Wildman–Crippen LogP) is 4.29. The molecule has 3 rings (SSSR count). The lowest BCUT2D eigenvalue weighted by molar-refractivity contribution is 0.0750. The predicted molar refractivity (Wildman–Crippen MR) is 101 cm³/mol. The van der Waals surface area contributed by atoms with E-state index in [1.807, 2.05) is 58.9 Å². The molecular formula is C21H25N3O. The maximum absolute atomic E-state index is 12.9. The second kappa shape index (κ2) is 6.71. The van der Waals surface area contributed by atoms with Gasteiger partial charge >= 0.3 is 0 Å². The standard InChI is InChI=1S/C21H25N3O/c1-5-23(15-18-14-22-19-8-6-7-13-24(18)19)20(25)16-9-11-17(12-10-16)21(2,3)4/h6-14H,5,15H2,1-4H3. The minimum Gasteiger partial charge on any atom is -0.333 e. The van der Waals surface area contributed by atoms with Crippen molar-refractivity contribution in [1.82, 2.24) is 14.3 Å². The quantitative estimate of drug-likeness (QED) is 0.713. The van der Waals surface area contributed by atoms with Gasteiger partial charge in [0, 0.05) is 18.3 Å². The van der Waals surface area contributed by atoms with E-state index in [1.54, 1.807) is 0 Å². The number of carbonyl (C=O) groups is 1. The summed E-state index contributed by atoms with van der Waals surface area (Å²) in [4.78, 5) is 19.1. The summed E-state index contributed by atoms with van der Waals surface area (Å²) in [6.45, 7) is 9.72. The van der Waals surface area contributed by atoms with Gasteiger partial charge in [-0.2, -0.15) is 0 Å². The molecule has 1 amide bonds. The van der Waals surface area contributed by atoms with Crippen LogP contribution in [0.1, 0.15) is 49.3 Å². The largest absolute Gasteiger partial charge is 0.333 e. The molecule has 2 heterocycles. The zero-order chi connectivity index (χ0) is 18.0. The lowest BCUT2D eigenvalue weighted by Gasteiger charge is -2.22. The number of hydrogen-bond acceptors (Lipinski definition) is 2. The molecule has 0 radical (unpaired) electrons. The second-order valence-corrected chi connectivity index (χ2v) is 7.33. The van der Waals surface area contributed by atoms with Gasteiger partial charge in [-0.15, -0.1) is 0 Å². The van der Waals surface area contributed by atoms with Gasteiger partial charge in [0.1, 0.15) is 5.65 Å². The molecule has 1 aromatic carbocycles. The number of aromatic nitrogens is 2. The smallest absolute Gasteiger partial charge is 0.254 e. The van der Waals surface area contributed by atoms with Crippen molar-refractivity contribution in [2.75, 3.05) is 6.54 Å². The van der Waals surface area contributed by atoms with Gasteiger partial charge in [0.2, 0.25) is 0 Å². The van der Waals surface area contributed by atoms with E-state index < -0.39 is 0 Å². The summed E-state index contributed by atoms with van der Waals surface area (Å²) in [5.41, 5.74) is 3.95. The lowest BCUT2D eigenvalue weighted by atomic mass is 9.86. The third-order valence-corrected chi connectivity index (χ3v) is 4.51. The molecule has 0 unspecified atom stereocenters. The van der Waals surface area contributed by atoms with Crippen LogP contribution in [0, 0.1) is 0 Å². The third-order valence-electron chi connectivity index (χ3n) is 4.51. The summed E-state index contributed by atoms with van der Waals surface area (Å²) >= 11 is 0. The number of nitrogens with zero attached hydrogens (tertiary/aromatic N) is 3. The Bertz CT molecular complexity index is 872. The van der Waals surface area contributed by atoms with Crippen molar-refractivity contribution in [2.24, 2.45) is 0 Å². The van der Waals surface area contributed by atoms with Crippen LogP contribution in [0.3, 0.4) is 0 Å². The summed E-state index contributed by atoms with van der Waals surface area (Å²) in [6.07, 6.45) is 3.82. The lowest BCUT2D eigenvalue weighted by Crippen LogP contribution is -2.30. The Morgan fingerprint density at radius 2 is 1.84 bits per heavy atom. The monoisotopic (exact) mass is 335 g/mol. The Morgan fingerprint density at radius 1 is 1.12 bits per heavy atom. The molecule has 0 bridgehead atoms. The summed E-state index contributed by atoms with van der Waals surface area (Å²) < 4.78 is 2.03. The molecule has 0 spiro atoms. The molecule has 0 fully saturated rings. The molecule has 0 aliphatic rings. The molecule has 0 aliphatic heterocycles. The van der Waals surface area contributed by atoms with Crippen LogP contribution in [0.15, 0.2) is 54.9 Å². The van der Waals surface area contributed by atoms with Crippen molar-refractivity contribution < 1.29 is 4.79 Å². The zero-order valence-electron chi connectivity index (χ0n) is 15.4. The fraction of sp³-hybridized carbons (Fsp3) is 0.333. The van der Waals surface area contributed by atoms with Crippen LogP contribution in [0.5, 0.6) is 0 Å². The van der Waals surface area contributed by atoms with Crippen LogP contribution >= 0.6 is 0 Å². The molecule has 4 nitrogen and oxygen atoms in total. The maximum atomic E-state index is 12.9. The Labute approximate surface area is 149 Å². The first-order valence-corrected chi connectivity index (χ1v) is 8.71. The highest BCUT2D eigenvalue weighted by Crippen LogP contribution is 2.22. The molecule has 4 heteroatoms. The van der Waals surface area contributed by atoms with Gasteiger partial charge in [-0.1, -0.05) is 39.0 Å². The minimum atomic E-state index is 0.0499.